The highest BCUT2D eigenvalue weighted by Gasteiger charge is 2.09. The molecule has 1 amide bonds. The Morgan fingerprint density at radius 1 is 1.18 bits per heavy atom. The molecule has 110 valence electrons. The first kappa shape index (κ1) is 15.6. The molecule has 0 saturated heterocycles. The second kappa shape index (κ2) is 7.30. The molecule has 2 rings (SSSR count). The molecule has 0 unspecified atom stereocenters. The first-order valence-electron chi connectivity index (χ1n) is 6.59. The van der Waals surface area contributed by atoms with Gasteiger partial charge in [-0.25, -0.2) is 0 Å². The minimum atomic E-state index is -0.473. The summed E-state index contributed by atoms with van der Waals surface area (Å²) in [5, 5.41) is 15.3. The summed E-state index contributed by atoms with van der Waals surface area (Å²) in [6.45, 7) is 1.90. The molecule has 0 radical (unpaired) electrons. The molecular weight excluding hydrogens is 298 g/mol. The number of para-hydroxylation sites is 1. The Bertz CT molecular complexity index is 748. The highest BCUT2D eigenvalue weighted by atomic mass is 35.5. The van der Waals surface area contributed by atoms with Gasteiger partial charge in [-0.05, 0) is 36.8 Å². The summed E-state index contributed by atoms with van der Waals surface area (Å²) in [7, 11) is 0. The molecule has 5 heteroatoms. The third-order valence-electron chi connectivity index (χ3n) is 2.95. The number of carbonyl (C=O) groups excluding carboxylic acids is 1. The van der Waals surface area contributed by atoms with Crippen molar-refractivity contribution < 1.29 is 4.79 Å². The molecule has 0 aliphatic rings. The molecule has 2 aromatic rings. The van der Waals surface area contributed by atoms with Crippen LogP contribution in [0.15, 0.2) is 60.3 Å². The van der Waals surface area contributed by atoms with Gasteiger partial charge >= 0.3 is 0 Å². The Morgan fingerprint density at radius 3 is 2.55 bits per heavy atom. The van der Waals surface area contributed by atoms with Crippen molar-refractivity contribution in [2.45, 2.75) is 6.92 Å². The van der Waals surface area contributed by atoms with Gasteiger partial charge in [0.2, 0.25) is 0 Å². The molecule has 0 saturated carbocycles. The fourth-order valence-corrected chi connectivity index (χ4v) is 1.89. The van der Waals surface area contributed by atoms with Crippen LogP contribution in [0.3, 0.4) is 0 Å². The minimum Gasteiger partial charge on any atom is -0.360 e. The number of benzene rings is 2. The highest BCUT2D eigenvalue weighted by molar-refractivity contribution is 6.31. The van der Waals surface area contributed by atoms with Gasteiger partial charge in [-0.3, -0.25) is 4.79 Å². The Labute approximate surface area is 134 Å². The fourth-order valence-electron chi connectivity index (χ4n) is 1.71. The molecule has 2 aromatic carbocycles. The lowest BCUT2D eigenvalue weighted by Gasteiger charge is -2.06. The summed E-state index contributed by atoms with van der Waals surface area (Å²) in [5.41, 5.74) is 2.27. The zero-order chi connectivity index (χ0) is 15.9. The van der Waals surface area contributed by atoms with Crippen molar-refractivity contribution in [3.05, 3.63) is 70.9 Å². The number of nitrogens with zero attached hydrogens (tertiary/aromatic N) is 1. The zero-order valence-electron chi connectivity index (χ0n) is 11.9. The third-order valence-corrected chi connectivity index (χ3v) is 3.36. The maximum Gasteiger partial charge on any atom is 0.267 e. The van der Waals surface area contributed by atoms with E-state index < -0.39 is 5.91 Å². The van der Waals surface area contributed by atoms with E-state index in [1.165, 1.54) is 6.20 Å². The standard InChI is InChI=1S/C17H14ClN3O/c1-12-7-8-15(9-16(12)18)20-11-13(10-19)17(22)21-14-5-3-2-4-6-14/h2-9,11,20H,1H3,(H,21,22). The molecule has 0 fully saturated rings. The van der Waals surface area contributed by atoms with Crippen molar-refractivity contribution in [3.8, 4) is 6.07 Å². The number of anilines is 2. The Kier molecular flexibility index (Phi) is 5.18. The molecule has 2 N–H and O–H groups in total. The monoisotopic (exact) mass is 311 g/mol. The fraction of sp³-hybridized carbons (Fsp3) is 0.0588. The number of carbonyl (C=O) groups is 1. The van der Waals surface area contributed by atoms with E-state index in [1.807, 2.05) is 31.2 Å². The van der Waals surface area contributed by atoms with Crippen LogP contribution in [-0.4, -0.2) is 5.91 Å². The topological polar surface area (TPSA) is 64.9 Å². The Balaban J connectivity index is 2.08. The lowest BCUT2D eigenvalue weighted by molar-refractivity contribution is -0.112. The number of amides is 1. The molecule has 0 aromatic heterocycles. The van der Waals surface area contributed by atoms with Gasteiger partial charge in [0.15, 0.2) is 0 Å². The first-order chi connectivity index (χ1) is 10.6. The number of aryl methyl sites for hydroxylation is 1. The van der Waals surface area contributed by atoms with Gasteiger partial charge in [-0.2, -0.15) is 5.26 Å². The van der Waals surface area contributed by atoms with E-state index in [0.717, 1.165) is 5.56 Å². The van der Waals surface area contributed by atoms with Gasteiger partial charge in [-0.1, -0.05) is 35.9 Å². The van der Waals surface area contributed by atoms with Gasteiger partial charge in [0, 0.05) is 22.6 Å². The number of hydrogen-bond acceptors (Lipinski definition) is 3. The van der Waals surface area contributed by atoms with Crippen LogP contribution >= 0.6 is 11.6 Å². The van der Waals surface area contributed by atoms with Crippen LogP contribution in [0.25, 0.3) is 0 Å². The van der Waals surface area contributed by atoms with E-state index in [0.29, 0.717) is 16.4 Å². The number of nitriles is 1. The largest absolute Gasteiger partial charge is 0.360 e. The molecule has 0 atom stereocenters. The maximum atomic E-state index is 12.0. The predicted molar refractivity (Wildman–Crippen MR) is 88.6 cm³/mol. The van der Waals surface area contributed by atoms with Gasteiger partial charge in [0.05, 0.1) is 0 Å². The van der Waals surface area contributed by atoms with Crippen LogP contribution < -0.4 is 10.6 Å². The smallest absolute Gasteiger partial charge is 0.267 e. The predicted octanol–water partition coefficient (Wildman–Crippen LogP) is 4.11. The molecule has 0 spiro atoms. The van der Waals surface area contributed by atoms with E-state index in [4.69, 9.17) is 16.9 Å². The summed E-state index contributed by atoms with van der Waals surface area (Å²) in [6, 6.07) is 16.2. The average Bonchev–Trinajstić information content (AvgIpc) is 2.52. The maximum absolute atomic E-state index is 12.0. The Morgan fingerprint density at radius 2 is 1.91 bits per heavy atom. The zero-order valence-corrected chi connectivity index (χ0v) is 12.7. The quantitative estimate of drug-likeness (QED) is 0.660. The second-order valence-electron chi connectivity index (χ2n) is 4.60. The van der Waals surface area contributed by atoms with Crippen molar-refractivity contribution in [1.29, 1.82) is 5.26 Å². The van der Waals surface area contributed by atoms with Crippen molar-refractivity contribution in [1.82, 2.24) is 0 Å². The molecule has 0 aliphatic carbocycles. The summed E-state index contributed by atoms with van der Waals surface area (Å²) >= 11 is 6.03. The summed E-state index contributed by atoms with van der Waals surface area (Å²) in [5.74, 6) is -0.473. The summed E-state index contributed by atoms with van der Waals surface area (Å²) < 4.78 is 0. The molecular formula is C17H14ClN3O. The van der Waals surface area contributed by atoms with Crippen LogP contribution in [0.2, 0.25) is 5.02 Å². The first-order valence-corrected chi connectivity index (χ1v) is 6.97. The van der Waals surface area contributed by atoms with E-state index >= 15 is 0 Å². The van der Waals surface area contributed by atoms with Crippen molar-refractivity contribution in [2.24, 2.45) is 0 Å². The number of halogens is 1. The van der Waals surface area contributed by atoms with Crippen LogP contribution in [-0.2, 0) is 4.79 Å². The van der Waals surface area contributed by atoms with E-state index in [1.54, 1.807) is 30.3 Å². The van der Waals surface area contributed by atoms with Gasteiger partial charge in [0.25, 0.3) is 5.91 Å². The molecule has 22 heavy (non-hydrogen) atoms. The van der Waals surface area contributed by atoms with E-state index in [2.05, 4.69) is 10.6 Å². The number of rotatable bonds is 4. The average molecular weight is 312 g/mol. The molecule has 0 bridgehead atoms. The SMILES string of the molecule is Cc1ccc(NC=C(C#N)C(=O)Nc2ccccc2)cc1Cl. The number of nitrogens with one attached hydrogen (secondary N) is 2. The van der Waals surface area contributed by atoms with E-state index in [-0.39, 0.29) is 5.57 Å². The van der Waals surface area contributed by atoms with Crippen molar-refractivity contribution in [2.75, 3.05) is 10.6 Å². The van der Waals surface area contributed by atoms with Gasteiger partial charge < -0.3 is 10.6 Å². The van der Waals surface area contributed by atoms with Gasteiger partial charge in [-0.15, -0.1) is 0 Å². The lowest BCUT2D eigenvalue weighted by Crippen LogP contribution is -2.14. The van der Waals surface area contributed by atoms with Crippen LogP contribution in [0.5, 0.6) is 0 Å². The lowest BCUT2D eigenvalue weighted by atomic mass is 10.2. The molecule has 0 heterocycles. The third kappa shape index (κ3) is 4.11. The van der Waals surface area contributed by atoms with Crippen molar-refractivity contribution in [3.63, 3.8) is 0 Å². The van der Waals surface area contributed by atoms with Gasteiger partial charge in [0.1, 0.15) is 11.6 Å². The normalized spacial score (nSPS) is 10.7. The number of hydrogen-bond donors (Lipinski definition) is 2. The Hall–Kier alpha value is -2.77. The van der Waals surface area contributed by atoms with Crippen LogP contribution in [0.4, 0.5) is 11.4 Å². The highest BCUT2D eigenvalue weighted by Crippen LogP contribution is 2.20. The summed E-state index contributed by atoms with van der Waals surface area (Å²) in [4.78, 5) is 12.0. The van der Waals surface area contributed by atoms with Crippen molar-refractivity contribution >= 4 is 28.9 Å². The molecule has 4 nitrogen and oxygen atoms in total. The van der Waals surface area contributed by atoms with E-state index in [9.17, 15) is 4.79 Å². The van der Waals surface area contributed by atoms with Crippen LogP contribution in [0.1, 0.15) is 5.56 Å². The molecule has 0 aliphatic heterocycles. The summed E-state index contributed by atoms with van der Waals surface area (Å²) in [6.07, 6.45) is 1.36. The van der Waals surface area contributed by atoms with Crippen LogP contribution in [0, 0.1) is 18.3 Å². The minimum absolute atomic E-state index is 0.0273. The second-order valence-corrected chi connectivity index (χ2v) is 5.01.